The second-order valence-electron chi connectivity index (χ2n) is 4.99. The highest BCUT2D eigenvalue weighted by molar-refractivity contribution is 5.48. The van der Waals surface area contributed by atoms with Crippen LogP contribution < -0.4 is 5.73 Å². The first kappa shape index (κ1) is 17.1. The number of anilines is 1. The first-order valence-electron chi connectivity index (χ1n) is 6.38. The van der Waals surface area contributed by atoms with Crippen LogP contribution in [-0.2, 0) is 12.4 Å². The minimum absolute atomic E-state index is 0.230. The number of nitrogens with zero attached hydrogens (tertiary/aromatic N) is 3. The summed E-state index contributed by atoms with van der Waals surface area (Å²) < 4.78 is 77.0. The van der Waals surface area contributed by atoms with E-state index >= 15 is 0 Å². The summed E-state index contributed by atoms with van der Waals surface area (Å²) in [7, 11) is 0. The summed E-state index contributed by atoms with van der Waals surface area (Å²) in [4.78, 5) is 2.62. The zero-order valence-corrected chi connectivity index (χ0v) is 12.0. The lowest BCUT2D eigenvalue weighted by atomic mass is 10.0. The standard InChI is InChI=1S/C13H12F6N4/c1-6-5-8(3-4-9(6)20)7(2)23-11(13(17,18)19)21-10(22-23)12(14,15)16/h3-5,7H,20H2,1-2H3. The molecule has 0 bridgehead atoms. The van der Waals surface area contributed by atoms with Crippen LogP contribution in [0.25, 0.3) is 0 Å². The number of nitrogens with two attached hydrogens (primary N) is 1. The topological polar surface area (TPSA) is 56.7 Å². The number of hydrogen-bond acceptors (Lipinski definition) is 3. The van der Waals surface area contributed by atoms with Crippen LogP contribution >= 0.6 is 0 Å². The fourth-order valence-corrected chi connectivity index (χ4v) is 2.01. The van der Waals surface area contributed by atoms with Crippen molar-refractivity contribution in [1.29, 1.82) is 0 Å². The molecule has 126 valence electrons. The lowest BCUT2D eigenvalue weighted by Gasteiger charge is -2.17. The summed E-state index contributed by atoms with van der Waals surface area (Å²) >= 11 is 0. The van der Waals surface area contributed by atoms with Crippen molar-refractivity contribution in [2.45, 2.75) is 32.2 Å². The Morgan fingerprint density at radius 2 is 1.70 bits per heavy atom. The van der Waals surface area contributed by atoms with Gasteiger partial charge in [-0.2, -0.15) is 31.3 Å². The average Bonchev–Trinajstić information content (AvgIpc) is 2.86. The molecule has 0 saturated heterocycles. The van der Waals surface area contributed by atoms with Gasteiger partial charge in [0.15, 0.2) is 0 Å². The molecule has 23 heavy (non-hydrogen) atoms. The van der Waals surface area contributed by atoms with Crippen LogP contribution in [0, 0.1) is 6.92 Å². The Balaban J connectivity index is 2.56. The maximum atomic E-state index is 13.0. The first-order valence-corrected chi connectivity index (χ1v) is 6.38. The van der Waals surface area contributed by atoms with Gasteiger partial charge in [-0.15, -0.1) is 5.10 Å². The molecule has 2 rings (SSSR count). The quantitative estimate of drug-likeness (QED) is 0.669. The van der Waals surface area contributed by atoms with Crippen molar-refractivity contribution in [1.82, 2.24) is 14.8 Å². The van der Waals surface area contributed by atoms with Crippen LogP contribution in [-0.4, -0.2) is 14.8 Å². The molecular weight excluding hydrogens is 326 g/mol. The molecule has 10 heteroatoms. The third kappa shape index (κ3) is 3.40. The fraction of sp³-hybridized carbons (Fsp3) is 0.385. The molecule has 0 radical (unpaired) electrons. The number of hydrogen-bond donors (Lipinski definition) is 1. The van der Waals surface area contributed by atoms with Crippen molar-refractivity contribution in [2.75, 3.05) is 5.73 Å². The highest BCUT2D eigenvalue weighted by Gasteiger charge is 2.44. The van der Waals surface area contributed by atoms with Gasteiger partial charge in [-0.1, -0.05) is 12.1 Å². The minimum Gasteiger partial charge on any atom is -0.399 e. The van der Waals surface area contributed by atoms with E-state index < -0.39 is 30.0 Å². The Kier molecular flexibility index (Phi) is 4.03. The predicted molar refractivity (Wildman–Crippen MR) is 69.4 cm³/mol. The summed E-state index contributed by atoms with van der Waals surface area (Å²) in [5.74, 6) is -3.53. The van der Waals surface area contributed by atoms with Crippen LogP contribution in [0.1, 0.15) is 35.7 Å². The van der Waals surface area contributed by atoms with Gasteiger partial charge in [0, 0.05) is 5.69 Å². The van der Waals surface area contributed by atoms with Crippen LogP contribution in [0.4, 0.5) is 32.0 Å². The Labute approximate surface area is 126 Å². The maximum absolute atomic E-state index is 13.0. The van der Waals surface area contributed by atoms with E-state index in [1.54, 1.807) is 6.92 Å². The Morgan fingerprint density at radius 3 is 2.17 bits per heavy atom. The number of benzene rings is 1. The number of halogens is 6. The van der Waals surface area contributed by atoms with E-state index in [4.69, 9.17) is 5.73 Å². The number of aryl methyl sites for hydroxylation is 1. The highest BCUT2D eigenvalue weighted by atomic mass is 19.4. The van der Waals surface area contributed by atoms with Crippen LogP contribution in [0.3, 0.4) is 0 Å². The van der Waals surface area contributed by atoms with Crippen molar-refractivity contribution in [2.24, 2.45) is 0 Å². The van der Waals surface area contributed by atoms with E-state index in [1.165, 1.54) is 25.1 Å². The zero-order valence-electron chi connectivity index (χ0n) is 12.0. The van der Waals surface area contributed by atoms with Gasteiger partial charge in [-0.25, -0.2) is 4.68 Å². The average molecular weight is 338 g/mol. The Morgan fingerprint density at radius 1 is 1.09 bits per heavy atom. The molecule has 0 spiro atoms. The van der Waals surface area contributed by atoms with Gasteiger partial charge in [0.05, 0.1) is 6.04 Å². The minimum atomic E-state index is -5.07. The molecule has 0 aliphatic carbocycles. The predicted octanol–water partition coefficient (Wildman–Crippen LogP) is 3.82. The Bertz CT molecular complexity index is 716. The van der Waals surface area contributed by atoms with Crippen LogP contribution in [0.15, 0.2) is 18.2 Å². The molecule has 2 N–H and O–H groups in total. The number of alkyl halides is 6. The summed E-state index contributed by atoms with van der Waals surface area (Å²) in [6.45, 7) is 2.94. The monoisotopic (exact) mass is 338 g/mol. The molecular formula is C13H12F6N4. The molecule has 0 aliphatic rings. The van der Waals surface area contributed by atoms with Gasteiger partial charge in [-0.05, 0) is 31.0 Å². The van der Waals surface area contributed by atoms with Crippen molar-refractivity contribution in [3.63, 3.8) is 0 Å². The zero-order chi connectivity index (χ0) is 17.6. The molecule has 1 atom stereocenters. The first-order chi connectivity index (χ1) is 10.4. The Hall–Kier alpha value is -2.26. The lowest BCUT2D eigenvalue weighted by Crippen LogP contribution is -2.19. The van der Waals surface area contributed by atoms with Crippen molar-refractivity contribution in [3.8, 4) is 0 Å². The van der Waals surface area contributed by atoms with E-state index in [2.05, 4.69) is 10.1 Å². The fourth-order valence-electron chi connectivity index (χ4n) is 2.01. The van der Waals surface area contributed by atoms with Gasteiger partial charge in [0.2, 0.25) is 5.82 Å². The summed E-state index contributed by atoms with van der Waals surface area (Å²) in [6, 6.07) is 3.29. The third-order valence-corrected chi connectivity index (χ3v) is 3.28. The van der Waals surface area contributed by atoms with Gasteiger partial charge in [0.25, 0.3) is 5.82 Å². The van der Waals surface area contributed by atoms with Gasteiger partial charge >= 0.3 is 12.4 Å². The highest BCUT2D eigenvalue weighted by Crippen LogP contribution is 2.35. The van der Waals surface area contributed by atoms with E-state index in [9.17, 15) is 26.3 Å². The SMILES string of the molecule is Cc1cc(C(C)n2nc(C(F)(F)F)nc2C(F)(F)F)ccc1N. The summed E-state index contributed by atoms with van der Waals surface area (Å²) in [5, 5.41) is 3.01. The van der Waals surface area contributed by atoms with E-state index in [0.29, 0.717) is 16.8 Å². The van der Waals surface area contributed by atoms with Gasteiger partial charge in [-0.3, -0.25) is 0 Å². The van der Waals surface area contributed by atoms with Crippen LogP contribution in [0.2, 0.25) is 0 Å². The molecule has 0 amide bonds. The van der Waals surface area contributed by atoms with E-state index in [-0.39, 0.29) is 4.68 Å². The molecule has 1 unspecified atom stereocenters. The molecule has 2 aromatic rings. The van der Waals surface area contributed by atoms with E-state index in [1.807, 2.05) is 0 Å². The second kappa shape index (κ2) is 5.43. The molecule has 0 fully saturated rings. The number of nitrogen functional groups attached to an aromatic ring is 1. The number of aromatic nitrogens is 3. The number of rotatable bonds is 2. The van der Waals surface area contributed by atoms with Gasteiger partial charge in [0.1, 0.15) is 0 Å². The molecule has 0 aliphatic heterocycles. The normalized spacial score (nSPS) is 14.1. The van der Waals surface area contributed by atoms with Crippen molar-refractivity contribution in [3.05, 3.63) is 41.0 Å². The van der Waals surface area contributed by atoms with Crippen molar-refractivity contribution < 1.29 is 26.3 Å². The molecule has 4 nitrogen and oxygen atoms in total. The molecule has 1 aromatic carbocycles. The van der Waals surface area contributed by atoms with Gasteiger partial charge < -0.3 is 5.73 Å². The summed E-state index contributed by atoms with van der Waals surface area (Å²) in [6.07, 6.45) is -10.1. The van der Waals surface area contributed by atoms with Crippen molar-refractivity contribution >= 4 is 5.69 Å². The molecule has 0 saturated carbocycles. The smallest absolute Gasteiger partial charge is 0.399 e. The summed E-state index contributed by atoms with van der Waals surface area (Å²) in [5.41, 5.74) is 6.98. The lowest BCUT2D eigenvalue weighted by molar-refractivity contribution is -0.151. The van der Waals surface area contributed by atoms with E-state index in [0.717, 1.165) is 0 Å². The largest absolute Gasteiger partial charge is 0.453 e. The van der Waals surface area contributed by atoms with Crippen LogP contribution in [0.5, 0.6) is 0 Å². The maximum Gasteiger partial charge on any atom is 0.453 e. The second-order valence-corrected chi connectivity index (χ2v) is 4.99. The molecule has 1 aromatic heterocycles. The third-order valence-electron chi connectivity index (χ3n) is 3.28. The molecule has 1 heterocycles.